The molecule has 2 rings (SSSR count). The van der Waals surface area contributed by atoms with Crippen molar-refractivity contribution in [1.29, 1.82) is 0 Å². The summed E-state index contributed by atoms with van der Waals surface area (Å²) in [5, 5.41) is 3.54. The zero-order valence-electron chi connectivity index (χ0n) is 9.49. The molecule has 1 aromatic carbocycles. The van der Waals surface area contributed by atoms with Gasteiger partial charge in [-0.15, -0.1) is 0 Å². The third-order valence-corrected chi connectivity index (χ3v) is 3.06. The van der Waals surface area contributed by atoms with Crippen molar-refractivity contribution in [3.05, 3.63) is 29.8 Å². The Hall–Kier alpha value is -1.02. The molecular weight excluding hydrogens is 186 g/mol. The lowest BCUT2D eigenvalue weighted by molar-refractivity contribution is 0.121. The average molecular weight is 205 g/mol. The number of hydrogen-bond acceptors (Lipinski definition) is 2. The van der Waals surface area contributed by atoms with Crippen molar-refractivity contribution in [3.8, 4) is 0 Å². The van der Waals surface area contributed by atoms with E-state index in [1.807, 2.05) is 0 Å². The number of anilines is 1. The zero-order valence-corrected chi connectivity index (χ0v) is 9.49. The second kappa shape index (κ2) is 4.67. The molecule has 1 heterocycles. The topological polar surface area (TPSA) is 21.3 Å². The van der Waals surface area contributed by atoms with E-state index < -0.39 is 0 Å². The van der Waals surface area contributed by atoms with E-state index in [2.05, 4.69) is 43.4 Å². The number of benzene rings is 1. The Kier molecular flexibility index (Phi) is 3.27. The summed E-state index contributed by atoms with van der Waals surface area (Å²) >= 11 is 0. The highest BCUT2D eigenvalue weighted by molar-refractivity contribution is 5.46. The van der Waals surface area contributed by atoms with Gasteiger partial charge in [-0.2, -0.15) is 0 Å². The van der Waals surface area contributed by atoms with Crippen LogP contribution in [0.4, 0.5) is 5.69 Å². The van der Waals surface area contributed by atoms with Gasteiger partial charge in [0.25, 0.3) is 0 Å². The second-order valence-corrected chi connectivity index (χ2v) is 4.17. The van der Waals surface area contributed by atoms with Crippen LogP contribution in [-0.4, -0.2) is 18.8 Å². The number of hydrogen-bond donors (Lipinski definition) is 1. The van der Waals surface area contributed by atoms with E-state index in [1.165, 1.54) is 11.3 Å². The lowest BCUT2D eigenvalue weighted by atomic mass is 10.1. The second-order valence-electron chi connectivity index (χ2n) is 4.17. The molecule has 1 aromatic rings. The molecule has 0 aliphatic carbocycles. The van der Waals surface area contributed by atoms with Crippen molar-refractivity contribution in [2.75, 3.05) is 11.9 Å². The number of rotatable bonds is 3. The van der Waals surface area contributed by atoms with Crippen LogP contribution >= 0.6 is 0 Å². The van der Waals surface area contributed by atoms with Crippen LogP contribution in [0.5, 0.6) is 0 Å². The molecule has 2 heteroatoms. The summed E-state index contributed by atoms with van der Waals surface area (Å²) < 4.78 is 5.53. The Morgan fingerprint density at radius 3 is 3.00 bits per heavy atom. The fraction of sp³-hybridized carbons (Fsp3) is 0.538. The Bertz CT molecular complexity index is 324. The van der Waals surface area contributed by atoms with Crippen LogP contribution in [0.3, 0.4) is 0 Å². The molecule has 82 valence electrons. The standard InChI is InChI=1S/C13H19NO/c1-3-11-5-4-6-12(9-11)14-13-7-8-15-10(13)2/h4-6,9-10,13-14H,3,7-8H2,1-2H3/t10-,13+/m1/s1. The van der Waals surface area contributed by atoms with Gasteiger partial charge >= 0.3 is 0 Å². The van der Waals surface area contributed by atoms with Gasteiger partial charge in [0, 0.05) is 12.3 Å². The van der Waals surface area contributed by atoms with Gasteiger partial charge in [0.1, 0.15) is 0 Å². The maximum atomic E-state index is 5.53. The van der Waals surface area contributed by atoms with E-state index in [-0.39, 0.29) is 0 Å². The number of nitrogens with one attached hydrogen (secondary N) is 1. The van der Waals surface area contributed by atoms with E-state index in [0.29, 0.717) is 12.1 Å². The van der Waals surface area contributed by atoms with Crippen molar-refractivity contribution < 1.29 is 4.74 Å². The molecule has 1 saturated heterocycles. The number of ether oxygens (including phenoxy) is 1. The molecule has 1 N–H and O–H groups in total. The van der Waals surface area contributed by atoms with Gasteiger partial charge in [-0.1, -0.05) is 19.1 Å². The average Bonchev–Trinajstić information content (AvgIpc) is 2.65. The summed E-state index contributed by atoms with van der Waals surface area (Å²) in [6.07, 6.45) is 2.53. The SMILES string of the molecule is CCc1cccc(N[C@H]2CCO[C@@H]2C)c1. The molecule has 1 aliphatic heterocycles. The Morgan fingerprint density at radius 2 is 2.33 bits per heavy atom. The van der Waals surface area contributed by atoms with Gasteiger partial charge in [-0.25, -0.2) is 0 Å². The van der Waals surface area contributed by atoms with Crippen molar-refractivity contribution in [3.63, 3.8) is 0 Å². The Morgan fingerprint density at radius 1 is 1.47 bits per heavy atom. The minimum Gasteiger partial charge on any atom is -0.380 e. The molecule has 0 saturated carbocycles. The van der Waals surface area contributed by atoms with Gasteiger partial charge < -0.3 is 10.1 Å². The third-order valence-electron chi connectivity index (χ3n) is 3.06. The molecule has 0 radical (unpaired) electrons. The highest BCUT2D eigenvalue weighted by atomic mass is 16.5. The van der Waals surface area contributed by atoms with Crippen molar-refractivity contribution in [2.45, 2.75) is 38.8 Å². The maximum Gasteiger partial charge on any atom is 0.0748 e. The first kappa shape index (κ1) is 10.5. The fourth-order valence-electron chi connectivity index (χ4n) is 2.02. The van der Waals surface area contributed by atoms with Crippen LogP contribution in [0.2, 0.25) is 0 Å². The van der Waals surface area contributed by atoms with E-state index in [9.17, 15) is 0 Å². The van der Waals surface area contributed by atoms with Gasteiger partial charge in [0.2, 0.25) is 0 Å². The summed E-state index contributed by atoms with van der Waals surface area (Å²) in [6, 6.07) is 9.11. The van der Waals surface area contributed by atoms with Gasteiger partial charge in [-0.05, 0) is 37.5 Å². The molecule has 1 aliphatic rings. The lowest BCUT2D eigenvalue weighted by Crippen LogP contribution is -2.26. The molecule has 0 unspecified atom stereocenters. The molecular formula is C13H19NO. The molecule has 0 aromatic heterocycles. The fourth-order valence-corrected chi connectivity index (χ4v) is 2.02. The smallest absolute Gasteiger partial charge is 0.0748 e. The molecule has 2 atom stereocenters. The first-order valence-electron chi connectivity index (χ1n) is 5.76. The van der Waals surface area contributed by atoms with E-state index in [1.54, 1.807) is 0 Å². The molecule has 0 bridgehead atoms. The first-order valence-corrected chi connectivity index (χ1v) is 5.76. The monoisotopic (exact) mass is 205 g/mol. The quantitative estimate of drug-likeness (QED) is 0.819. The molecule has 2 nitrogen and oxygen atoms in total. The summed E-state index contributed by atoms with van der Waals surface area (Å²) in [5.74, 6) is 0. The molecule has 0 amide bonds. The van der Waals surface area contributed by atoms with Crippen LogP contribution in [0.15, 0.2) is 24.3 Å². The Balaban J connectivity index is 2.03. The van der Waals surface area contributed by atoms with Crippen molar-refractivity contribution in [1.82, 2.24) is 0 Å². The maximum absolute atomic E-state index is 5.53. The normalized spacial score (nSPS) is 25.5. The van der Waals surface area contributed by atoms with E-state index >= 15 is 0 Å². The van der Waals surface area contributed by atoms with Crippen LogP contribution < -0.4 is 5.32 Å². The van der Waals surface area contributed by atoms with Crippen LogP contribution in [-0.2, 0) is 11.2 Å². The summed E-state index contributed by atoms with van der Waals surface area (Å²) in [6.45, 7) is 5.20. The zero-order chi connectivity index (χ0) is 10.7. The summed E-state index contributed by atoms with van der Waals surface area (Å²) in [5.41, 5.74) is 2.60. The third kappa shape index (κ3) is 2.51. The predicted octanol–water partition coefficient (Wildman–Crippen LogP) is 2.84. The largest absolute Gasteiger partial charge is 0.380 e. The minimum atomic E-state index is 0.329. The number of aryl methyl sites for hydroxylation is 1. The van der Waals surface area contributed by atoms with Crippen LogP contribution in [0.25, 0.3) is 0 Å². The molecule has 1 fully saturated rings. The van der Waals surface area contributed by atoms with E-state index in [4.69, 9.17) is 4.74 Å². The minimum absolute atomic E-state index is 0.329. The van der Waals surface area contributed by atoms with Gasteiger partial charge in [-0.3, -0.25) is 0 Å². The highest BCUT2D eigenvalue weighted by Gasteiger charge is 2.23. The predicted molar refractivity (Wildman–Crippen MR) is 63.3 cm³/mol. The highest BCUT2D eigenvalue weighted by Crippen LogP contribution is 2.19. The molecule has 0 spiro atoms. The van der Waals surface area contributed by atoms with Crippen molar-refractivity contribution in [2.24, 2.45) is 0 Å². The van der Waals surface area contributed by atoms with Crippen LogP contribution in [0.1, 0.15) is 25.8 Å². The van der Waals surface area contributed by atoms with Gasteiger partial charge in [0.05, 0.1) is 12.1 Å². The summed E-state index contributed by atoms with van der Waals surface area (Å²) in [4.78, 5) is 0. The van der Waals surface area contributed by atoms with Gasteiger partial charge in [0.15, 0.2) is 0 Å². The molecule has 15 heavy (non-hydrogen) atoms. The van der Waals surface area contributed by atoms with Crippen LogP contribution in [0, 0.1) is 0 Å². The lowest BCUT2D eigenvalue weighted by Gasteiger charge is -2.17. The Labute approximate surface area is 91.6 Å². The van der Waals surface area contributed by atoms with Crippen molar-refractivity contribution >= 4 is 5.69 Å². The first-order chi connectivity index (χ1) is 7.29. The summed E-state index contributed by atoms with van der Waals surface area (Å²) in [7, 11) is 0. The van der Waals surface area contributed by atoms with E-state index in [0.717, 1.165) is 19.4 Å².